The van der Waals surface area contributed by atoms with Crippen LogP contribution in [0, 0.1) is 5.41 Å². The zero-order valence-electron chi connectivity index (χ0n) is 9.14. The molecule has 0 aromatic heterocycles. The molecule has 0 radical (unpaired) electrons. The van der Waals surface area contributed by atoms with Gasteiger partial charge in [0.05, 0.1) is 13.8 Å². The fraction of sp³-hybridized carbons (Fsp3) is 1.00. The third-order valence-electron chi connectivity index (χ3n) is 2.51. The molecule has 0 amide bonds. The van der Waals surface area contributed by atoms with Gasteiger partial charge in [0.1, 0.15) is 0 Å². The summed E-state index contributed by atoms with van der Waals surface area (Å²) < 4.78 is 0. The molecule has 3 heteroatoms. The Morgan fingerprint density at radius 3 is 1.83 bits per heavy atom. The van der Waals surface area contributed by atoms with Crippen LogP contribution in [0.15, 0.2) is 0 Å². The van der Waals surface area contributed by atoms with E-state index in [-0.39, 0.29) is 11.1 Å². The maximum atomic E-state index is 8.86. The lowest BCUT2D eigenvalue weighted by molar-refractivity contribution is -0.279. The van der Waals surface area contributed by atoms with Crippen LogP contribution < -0.4 is 0 Å². The second kappa shape index (κ2) is 3.90. The van der Waals surface area contributed by atoms with Crippen molar-refractivity contribution < 1.29 is 10.1 Å². The maximum absolute atomic E-state index is 8.86. The Morgan fingerprint density at radius 2 is 1.75 bits per heavy atom. The van der Waals surface area contributed by atoms with E-state index in [4.69, 9.17) is 5.26 Å². The third-order valence-corrected chi connectivity index (χ3v) is 4.97. The van der Waals surface area contributed by atoms with Crippen molar-refractivity contribution in [3.8, 4) is 0 Å². The lowest BCUT2D eigenvalue weighted by atomic mass is 9.91. The van der Waals surface area contributed by atoms with E-state index in [9.17, 15) is 0 Å². The molecule has 1 N–H and O–H groups in total. The number of hydrogen-bond acceptors (Lipinski definition) is 2. The highest BCUT2D eigenvalue weighted by Gasteiger charge is 2.39. The van der Waals surface area contributed by atoms with Crippen molar-refractivity contribution in [2.24, 2.45) is 5.41 Å². The highest BCUT2D eigenvalue weighted by atomic mass is 28.3. The molecule has 74 valence electrons. The van der Waals surface area contributed by atoms with Gasteiger partial charge in [-0.2, -0.15) is 0 Å². The molecular formula is C9H22O2Si. The van der Waals surface area contributed by atoms with Crippen LogP contribution in [0.5, 0.6) is 0 Å². The van der Waals surface area contributed by atoms with Crippen LogP contribution in [0.2, 0.25) is 19.6 Å². The maximum Gasteiger partial charge on any atom is 0.0873 e. The van der Waals surface area contributed by atoms with Gasteiger partial charge in [0.15, 0.2) is 0 Å². The Kier molecular flexibility index (Phi) is 3.94. The van der Waals surface area contributed by atoms with Gasteiger partial charge in [0.2, 0.25) is 0 Å². The van der Waals surface area contributed by atoms with Crippen LogP contribution in [0.3, 0.4) is 0 Å². The molecular weight excluding hydrogens is 168 g/mol. The molecule has 0 bridgehead atoms. The predicted molar refractivity (Wildman–Crippen MR) is 54.9 cm³/mol. The van der Waals surface area contributed by atoms with Crippen molar-refractivity contribution in [1.82, 2.24) is 0 Å². The molecule has 0 aliphatic heterocycles. The molecule has 0 saturated carbocycles. The summed E-state index contributed by atoms with van der Waals surface area (Å²) in [7, 11) is -1.42. The van der Waals surface area contributed by atoms with Crippen molar-refractivity contribution in [1.29, 1.82) is 0 Å². The monoisotopic (exact) mass is 190 g/mol. The minimum absolute atomic E-state index is 0.0231. The largest absolute Gasteiger partial charge is 0.252 e. The minimum atomic E-state index is -1.42. The summed E-state index contributed by atoms with van der Waals surface area (Å²) in [5.41, 5.74) is 0.106. The summed E-state index contributed by atoms with van der Waals surface area (Å²) in [5, 5.41) is 8.86. The SMILES string of the molecule is CCC(C)(C)C(OO)[Si](C)(C)C. The second-order valence-electron chi connectivity index (χ2n) is 5.19. The molecule has 0 aromatic rings. The topological polar surface area (TPSA) is 29.5 Å². The Hall–Kier alpha value is 0.137. The summed E-state index contributed by atoms with van der Waals surface area (Å²) in [6, 6.07) is 0. The summed E-state index contributed by atoms with van der Waals surface area (Å²) in [6.07, 6.45) is 1.03. The smallest absolute Gasteiger partial charge is 0.0873 e. The van der Waals surface area contributed by atoms with Gasteiger partial charge in [-0.1, -0.05) is 40.4 Å². The molecule has 0 aliphatic rings. The summed E-state index contributed by atoms with van der Waals surface area (Å²) in [5.74, 6) is 0. The average Bonchev–Trinajstić information content (AvgIpc) is 1.85. The first-order chi connectivity index (χ1) is 5.25. The molecule has 0 aromatic carbocycles. The fourth-order valence-corrected chi connectivity index (χ4v) is 4.52. The second-order valence-corrected chi connectivity index (χ2v) is 10.5. The van der Waals surface area contributed by atoms with E-state index in [1.54, 1.807) is 0 Å². The standard InChI is InChI=1S/C9H22O2Si/c1-7-9(2,3)8(11-10)12(4,5)6/h8,10H,7H2,1-6H3. The van der Waals surface area contributed by atoms with Crippen molar-refractivity contribution in [3.63, 3.8) is 0 Å². The average molecular weight is 190 g/mol. The predicted octanol–water partition coefficient (Wildman–Crippen LogP) is 3.16. The van der Waals surface area contributed by atoms with E-state index in [0.29, 0.717) is 0 Å². The molecule has 1 unspecified atom stereocenters. The van der Waals surface area contributed by atoms with Gasteiger partial charge in [-0.05, 0) is 11.8 Å². The van der Waals surface area contributed by atoms with Crippen LogP contribution >= 0.6 is 0 Å². The zero-order chi connectivity index (χ0) is 9.99. The molecule has 0 heterocycles. The van der Waals surface area contributed by atoms with Crippen molar-refractivity contribution in [2.45, 2.75) is 52.6 Å². The first-order valence-corrected chi connectivity index (χ1v) is 8.13. The Labute approximate surface area is 76.9 Å². The van der Waals surface area contributed by atoms with Gasteiger partial charge in [0.25, 0.3) is 0 Å². The van der Waals surface area contributed by atoms with E-state index >= 15 is 0 Å². The highest BCUT2D eigenvalue weighted by molar-refractivity contribution is 6.77. The summed E-state index contributed by atoms with van der Waals surface area (Å²) in [6.45, 7) is 13.1. The van der Waals surface area contributed by atoms with E-state index in [2.05, 4.69) is 45.3 Å². The van der Waals surface area contributed by atoms with E-state index in [1.807, 2.05) is 0 Å². The molecule has 0 spiro atoms. The van der Waals surface area contributed by atoms with Crippen LogP contribution in [0.1, 0.15) is 27.2 Å². The number of rotatable bonds is 4. The fourth-order valence-electron chi connectivity index (χ4n) is 1.66. The van der Waals surface area contributed by atoms with Gasteiger partial charge in [0, 0.05) is 0 Å². The van der Waals surface area contributed by atoms with Gasteiger partial charge < -0.3 is 0 Å². The van der Waals surface area contributed by atoms with E-state index in [0.717, 1.165) is 6.42 Å². The lowest BCUT2D eigenvalue weighted by Crippen LogP contribution is -2.49. The van der Waals surface area contributed by atoms with E-state index in [1.165, 1.54) is 0 Å². The number of hydrogen-bond donors (Lipinski definition) is 1. The van der Waals surface area contributed by atoms with Crippen molar-refractivity contribution >= 4 is 8.07 Å². The van der Waals surface area contributed by atoms with Crippen molar-refractivity contribution in [2.75, 3.05) is 0 Å². The quantitative estimate of drug-likeness (QED) is 0.419. The molecule has 0 saturated heterocycles. The van der Waals surface area contributed by atoms with Gasteiger partial charge in [-0.25, -0.2) is 4.89 Å². The molecule has 1 atom stereocenters. The van der Waals surface area contributed by atoms with Crippen LogP contribution in [0.4, 0.5) is 0 Å². The van der Waals surface area contributed by atoms with Crippen LogP contribution in [-0.4, -0.2) is 19.1 Å². The first kappa shape index (κ1) is 12.1. The molecule has 2 nitrogen and oxygen atoms in total. The van der Waals surface area contributed by atoms with Crippen LogP contribution in [0.25, 0.3) is 0 Å². The summed E-state index contributed by atoms with van der Waals surface area (Å²) in [4.78, 5) is 4.63. The van der Waals surface area contributed by atoms with Crippen molar-refractivity contribution in [3.05, 3.63) is 0 Å². The first-order valence-electron chi connectivity index (χ1n) is 4.56. The normalized spacial score (nSPS) is 16.2. The summed E-state index contributed by atoms with van der Waals surface area (Å²) >= 11 is 0. The highest BCUT2D eigenvalue weighted by Crippen LogP contribution is 2.32. The Bertz CT molecular complexity index is 138. The lowest BCUT2D eigenvalue weighted by Gasteiger charge is -2.38. The Morgan fingerprint density at radius 1 is 1.33 bits per heavy atom. The zero-order valence-corrected chi connectivity index (χ0v) is 10.1. The molecule has 0 fully saturated rings. The molecule has 0 rings (SSSR count). The van der Waals surface area contributed by atoms with Crippen LogP contribution in [-0.2, 0) is 4.89 Å². The molecule has 0 aliphatic carbocycles. The molecule has 12 heavy (non-hydrogen) atoms. The third kappa shape index (κ3) is 2.88. The van der Waals surface area contributed by atoms with Gasteiger partial charge >= 0.3 is 0 Å². The minimum Gasteiger partial charge on any atom is -0.252 e. The van der Waals surface area contributed by atoms with E-state index < -0.39 is 8.07 Å². The van der Waals surface area contributed by atoms with Gasteiger partial charge in [-0.15, -0.1) is 0 Å². The Balaban J connectivity index is 4.56. The van der Waals surface area contributed by atoms with Gasteiger partial charge in [-0.3, -0.25) is 5.26 Å².